The minimum Gasteiger partial charge on any atom is -0.479 e. The van der Waals surface area contributed by atoms with E-state index >= 15 is 0 Å². The average molecular weight is 647 g/mol. The van der Waals surface area contributed by atoms with Crippen molar-refractivity contribution < 1.29 is 47.9 Å². The zero-order valence-corrected chi connectivity index (χ0v) is 26.0. The van der Waals surface area contributed by atoms with Gasteiger partial charge in [0.15, 0.2) is 17.4 Å². The Hall–Kier alpha value is -3.06. The summed E-state index contributed by atoms with van der Waals surface area (Å²) in [5.41, 5.74) is 4.27. The molecule has 7 atom stereocenters. The molecule has 3 amide bonds. The number of imidazole rings is 1. The largest absolute Gasteiger partial charge is 0.479 e. The van der Waals surface area contributed by atoms with Crippen molar-refractivity contribution in [3.63, 3.8) is 0 Å². The second-order valence-corrected chi connectivity index (χ2v) is 14.8. The van der Waals surface area contributed by atoms with Gasteiger partial charge in [-0.15, -0.1) is 0 Å². The van der Waals surface area contributed by atoms with E-state index in [0.29, 0.717) is 11.4 Å². The van der Waals surface area contributed by atoms with Crippen molar-refractivity contribution in [1.82, 2.24) is 34.8 Å². The van der Waals surface area contributed by atoms with E-state index < -0.39 is 73.5 Å². The lowest BCUT2D eigenvalue weighted by atomic mass is 9.96. The maximum atomic E-state index is 14.0. The number of hydrogen-bond donors (Lipinski definition) is 5. The van der Waals surface area contributed by atoms with Gasteiger partial charge in [0.25, 0.3) is 5.91 Å². The number of amides is 3. The first-order valence-electron chi connectivity index (χ1n) is 13.1. The molecule has 2 aliphatic heterocycles. The molecule has 2 aromatic rings. The number of urea groups is 1. The third-order valence-electron chi connectivity index (χ3n) is 6.72. The lowest BCUT2D eigenvalue weighted by Crippen LogP contribution is -2.44. The fraction of sp³-hybridized carbons (Fsp3) is 0.652. The summed E-state index contributed by atoms with van der Waals surface area (Å²) < 4.78 is 37.4. The standard InChI is InChI=1S/C23H35N8O10PS/c1-10(2)40-19(34)11(3)29-42(37,43-8-12-18(33)30(5)22(35)26-12)39-7-13-15(32)23(4,36)20(41-13)31-9-25-14-16(31)27-21(24)28-17(14)38-6/h9-13,15,20,32,36H,7-8H2,1-6H3,(H,26,35)(H,29,37)(H2,24,27,28)/t11?,12?,13-,15-,20-,23-,42?/m1/s1. The van der Waals surface area contributed by atoms with E-state index in [0.717, 1.165) is 4.90 Å². The number of nitrogens with one attached hydrogen (secondary N) is 2. The minimum absolute atomic E-state index is 0.0941. The number of aliphatic hydroxyl groups is 2. The van der Waals surface area contributed by atoms with E-state index in [9.17, 15) is 29.2 Å². The quantitative estimate of drug-likeness (QED) is 0.114. The predicted octanol–water partition coefficient (Wildman–Crippen LogP) is -0.236. The first-order chi connectivity index (χ1) is 20.1. The number of rotatable bonds is 12. The van der Waals surface area contributed by atoms with Gasteiger partial charge in [0, 0.05) is 12.8 Å². The number of aliphatic hydroxyl groups excluding tert-OH is 1. The van der Waals surface area contributed by atoms with Crippen LogP contribution in [-0.4, -0.2) is 115 Å². The van der Waals surface area contributed by atoms with Crippen LogP contribution in [-0.2, 0) is 28.2 Å². The Labute approximate surface area is 250 Å². The summed E-state index contributed by atoms with van der Waals surface area (Å²) in [7, 11) is 2.68. The predicted molar refractivity (Wildman–Crippen MR) is 152 cm³/mol. The molecule has 4 heterocycles. The fourth-order valence-electron chi connectivity index (χ4n) is 4.43. The number of nitrogen functional groups attached to an aromatic ring is 1. The Bertz CT molecular complexity index is 1440. The monoisotopic (exact) mass is 646 g/mol. The van der Waals surface area contributed by atoms with E-state index in [2.05, 4.69) is 25.4 Å². The van der Waals surface area contributed by atoms with Gasteiger partial charge in [-0.2, -0.15) is 9.97 Å². The van der Waals surface area contributed by atoms with Gasteiger partial charge < -0.3 is 40.0 Å². The molecule has 238 valence electrons. The van der Waals surface area contributed by atoms with Gasteiger partial charge in [0.2, 0.25) is 11.8 Å². The molecule has 4 rings (SSSR count). The Balaban J connectivity index is 1.53. The molecule has 0 saturated carbocycles. The first-order valence-corrected chi connectivity index (χ1v) is 16.3. The molecule has 0 aromatic carbocycles. The van der Waals surface area contributed by atoms with Crippen LogP contribution in [0.1, 0.15) is 33.9 Å². The minimum atomic E-state index is -4.05. The number of ether oxygens (including phenoxy) is 3. The van der Waals surface area contributed by atoms with Crippen LogP contribution in [0.2, 0.25) is 0 Å². The molecular weight excluding hydrogens is 611 g/mol. The van der Waals surface area contributed by atoms with Gasteiger partial charge in [0.1, 0.15) is 29.9 Å². The number of aromatic nitrogens is 4. The van der Waals surface area contributed by atoms with Gasteiger partial charge in [-0.3, -0.25) is 23.6 Å². The van der Waals surface area contributed by atoms with Gasteiger partial charge in [-0.05, 0) is 27.7 Å². The average Bonchev–Trinajstić information content (AvgIpc) is 3.53. The van der Waals surface area contributed by atoms with Crippen LogP contribution < -0.4 is 20.9 Å². The molecule has 2 aliphatic rings. The number of anilines is 1. The van der Waals surface area contributed by atoms with Crippen LogP contribution >= 0.6 is 18.1 Å². The Morgan fingerprint density at radius 3 is 2.65 bits per heavy atom. The second-order valence-electron chi connectivity index (χ2n) is 10.4. The SMILES string of the molecule is COc1nc(N)nc2c1ncn2[C@@H]1O[C@H](COP(=O)(NC(C)C(=O)OC(C)C)SCC2NC(=O)N(C)C2=O)[C@@H](O)[C@@]1(C)O. The second kappa shape index (κ2) is 12.5. The highest BCUT2D eigenvalue weighted by Crippen LogP contribution is 2.57. The first kappa shape index (κ1) is 32.8. The normalized spacial score (nSPS) is 27.9. The van der Waals surface area contributed by atoms with Crippen molar-refractivity contribution >= 4 is 53.1 Å². The highest BCUT2D eigenvalue weighted by molar-refractivity contribution is 8.56. The number of esters is 1. The summed E-state index contributed by atoms with van der Waals surface area (Å²) in [5, 5.41) is 27.4. The topological polar surface area (TPSA) is 243 Å². The molecule has 20 heteroatoms. The van der Waals surface area contributed by atoms with Crippen molar-refractivity contribution in [2.75, 3.05) is 32.3 Å². The Morgan fingerprint density at radius 2 is 2.05 bits per heavy atom. The maximum absolute atomic E-state index is 14.0. The number of imide groups is 1. The molecule has 0 bridgehead atoms. The summed E-state index contributed by atoms with van der Waals surface area (Å²) in [6, 6.07) is -2.70. The lowest BCUT2D eigenvalue weighted by molar-refractivity contribution is -0.149. The van der Waals surface area contributed by atoms with Crippen LogP contribution in [0.5, 0.6) is 5.88 Å². The zero-order valence-electron chi connectivity index (χ0n) is 24.3. The Kier molecular flexibility index (Phi) is 9.55. The number of carbonyl (C=O) groups is 3. The molecule has 18 nitrogen and oxygen atoms in total. The van der Waals surface area contributed by atoms with Crippen LogP contribution in [0.15, 0.2) is 6.33 Å². The van der Waals surface area contributed by atoms with Gasteiger partial charge in [0.05, 0.1) is 26.1 Å². The van der Waals surface area contributed by atoms with Crippen LogP contribution in [0.3, 0.4) is 0 Å². The third-order valence-corrected chi connectivity index (χ3v) is 10.8. The Morgan fingerprint density at radius 1 is 1.35 bits per heavy atom. The molecule has 0 spiro atoms. The number of methoxy groups -OCH3 is 1. The van der Waals surface area contributed by atoms with Crippen LogP contribution in [0.4, 0.5) is 10.7 Å². The van der Waals surface area contributed by atoms with Crippen molar-refractivity contribution in [3.05, 3.63) is 6.33 Å². The van der Waals surface area contributed by atoms with Crippen LogP contribution in [0, 0.1) is 0 Å². The molecular formula is C23H35N8O10PS. The molecule has 43 heavy (non-hydrogen) atoms. The van der Waals surface area contributed by atoms with Gasteiger partial charge in [-0.1, -0.05) is 11.4 Å². The number of nitrogens with zero attached hydrogens (tertiary/aromatic N) is 5. The van der Waals surface area contributed by atoms with E-state index in [1.54, 1.807) is 13.8 Å². The van der Waals surface area contributed by atoms with Gasteiger partial charge >= 0.3 is 18.7 Å². The van der Waals surface area contributed by atoms with E-state index in [-0.39, 0.29) is 28.7 Å². The highest BCUT2D eigenvalue weighted by atomic mass is 32.7. The molecule has 2 aromatic heterocycles. The van der Waals surface area contributed by atoms with Crippen molar-refractivity contribution in [1.29, 1.82) is 0 Å². The van der Waals surface area contributed by atoms with Crippen molar-refractivity contribution in [2.45, 2.75) is 69.9 Å². The molecule has 2 saturated heterocycles. The van der Waals surface area contributed by atoms with E-state index in [1.807, 2.05) is 0 Å². The zero-order chi connectivity index (χ0) is 31.9. The maximum Gasteiger partial charge on any atom is 0.327 e. The number of fused-ring (bicyclic) bond motifs is 1. The highest BCUT2D eigenvalue weighted by Gasteiger charge is 2.54. The summed E-state index contributed by atoms with van der Waals surface area (Å²) >= 11 is 0.677. The van der Waals surface area contributed by atoms with Crippen LogP contribution in [0.25, 0.3) is 11.2 Å². The van der Waals surface area contributed by atoms with Gasteiger partial charge in [-0.25, -0.2) is 14.9 Å². The summed E-state index contributed by atoms with van der Waals surface area (Å²) in [6.07, 6.45) is -3.16. The number of carbonyl (C=O) groups excluding carboxylic acids is 3. The number of hydrogen-bond acceptors (Lipinski definition) is 15. The third kappa shape index (κ3) is 6.72. The number of nitrogens with two attached hydrogens (primary N) is 1. The summed E-state index contributed by atoms with van der Waals surface area (Å²) in [4.78, 5) is 49.9. The fourth-order valence-corrected chi connectivity index (χ4v) is 8.29. The molecule has 0 radical (unpaired) electrons. The smallest absolute Gasteiger partial charge is 0.327 e. The van der Waals surface area contributed by atoms with E-state index in [4.69, 9.17) is 24.5 Å². The summed E-state index contributed by atoms with van der Waals surface area (Å²) in [5.74, 6) is -1.42. The number of likely N-dealkylation sites (N-methyl/N-ethyl adjacent to an activating group) is 1. The molecule has 6 N–H and O–H groups in total. The lowest BCUT2D eigenvalue weighted by Gasteiger charge is -2.27. The van der Waals surface area contributed by atoms with Crippen molar-refractivity contribution in [3.8, 4) is 5.88 Å². The van der Waals surface area contributed by atoms with E-state index in [1.165, 1.54) is 38.9 Å². The summed E-state index contributed by atoms with van der Waals surface area (Å²) in [6.45, 7) is 1.49. The molecule has 2 fully saturated rings. The van der Waals surface area contributed by atoms with Crippen molar-refractivity contribution in [2.24, 2.45) is 0 Å². The molecule has 0 aliphatic carbocycles. The molecule has 3 unspecified atom stereocenters.